The van der Waals surface area contributed by atoms with Gasteiger partial charge in [-0.25, -0.2) is 9.97 Å². The summed E-state index contributed by atoms with van der Waals surface area (Å²) in [5, 5.41) is 6.18. The number of anilines is 3. The normalized spacial score (nSPS) is 15.3. The Bertz CT molecular complexity index is 1110. The van der Waals surface area contributed by atoms with E-state index < -0.39 is 17.2 Å². The lowest BCUT2D eigenvalue weighted by atomic mass is 9.81. The van der Waals surface area contributed by atoms with Gasteiger partial charge in [-0.3, -0.25) is 4.79 Å². The quantitative estimate of drug-likeness (QED) is 0.602. The molecule has 8 heteroatoms. The Balaban J connectivity index is 1.62. The summed E-state index contributed by atoms with van der Waals surface area (Å²) in [6.07, 6.45) is -2.46. The first kappa shape index (κ1) is 19.9. The van der Waals surface area contributed by atoms with Crippen molar-refractivity contribution in [1.29, 1.82) is 0 Å². The fraction of sp³-hybridized carbons (Fsp3) is 0.227. The van der Waals surface area contributed by atoms with E-state index in [0.29, 0.717) is 23.5 Å². The van der Waals surface area contributed by atoms with E-state index in [1.807, 2.05) is 32.0 Å². The lowest BCUT2D eigenvalue weighted by Crippen LogP contribution is -2.37. The second kappa shape index (κ2) is 7.12. The van der Waals surface area contributed by atoms with Gasteiger partial charge in [0.15, 0.2) is 0 Å². The number of carbonyl (C=O) groups excluding carboxylic acids is 1. The van der Waals surface area contributed by atoms with Gasteiger partial charge in [0.25, 0.3) is 0 Å². The van der Waals surface area contributed by atoms with E-state index >= 15 is 0 Å². The van der Waals surface area contributed by atoms with E-state index in [9.17, 15) is 18.0 Å². The van der Waals surface area contributed by atoms with Gasteiger partial charge in [0.1, 0.15) is 12.1 Å². The highest BCUT2D eigenvalue weighted by Crippen LogP contribution is 2.38. The summed E-state index contributed by atoms with van der Waals surface area (Å²) in [5.41, 5.74) is 2.33. The molecule has 3 aromatic rings. The molecule has 154 valence electrons. The highest BCUT2D eigenvalue weighted by Gasteiger charge is 2.34. The minimum Gasteiger partial charge on any atom is -0.340 e. The third kappa shape index (κ3) is 3.85. The Labute approximate surface area is 171 Å². The topological polar surface area (TPSA) is 66.9 Å². The molecule has 0 atom stereocenters. The Morgan fingerprint density at radius 2 is 1.80 bits per heavy atom. The number of nitrogens with zero attached hydrogens (tertiary/aromatic N) is 2. The van der Waals surface area contributed by atoms with E-state index in [1.165, 1.54) is 18.5 Å². The van der Waals surface area contributed by atoms with Crippen molar-refractivity contribution in [2.75, 3.05) is 10.6 Å². The zero-order chi connectivity index (χ0) is 21.5. The van der Waals surface area contributed by atoms with Crippen LogP contribution >= 0.6 is 0 Å². The molecule has 0 fully saturated rings. The number of nitrogens with one attached hydrogen (secondary N) is 2. The summed E-state index contributed by atoms with van der Waals surface area (Å²) < 4.78 is 38.4. The first-order chi connectivity index (χ1) is 14.1. The van der Waals surface area contributed by atoms with E-state index in [0.717, 1.165) is 29.1 Å². The van der Waals surface area contributed by atoms with Crippen LogP contribution in [0.15, 0.2) is 54.9 Å². The molecule has 0 bridgehead atoms. The van der Waals surface area contributed by atoms with Crippen molar-refractivity contribution in [2.45, 2.75) is 26.4 Å². The molecule has 2 aromatic carbocycles. The van der Waals surface area contributed by atoms with Crippen molar-refractivity contribution in [1.82, 2.24) is 9.97 Å². The summed E-state index contributed by atoms with van der Waals surface area (Å²) in [7, 11) is 0. The highest BCUT2D eigenvalue weighted by atomic mass is 19.4. The van der Waals surface area contributed by atoms with Crippen LogP contribution in [0.5, 0.6) is 0 Å². The number of benzene rings is 2. The summed E-state index contributed by atoms with van der Waals surface area (Å²) in [5.74, 6) is 0.474. The van der Waals surface area contributed by atoms with Crippen LogP contribution in [0.2, 0.25) is 0 Å². The van der Waals surface area contributed by atoms with Crippen molar-refractivity contribution in [3.05, 3.63) is 66.0 Å². The van der Waals surface area contributed by atoms with Crippen LogP contribution in [0.25, 0.3) is 11.3 Å². The summed E-state index contributed by atoms with van der Waals surface area (Å²) >= 11 is 0. The van der Waals surface area contributed by atoms with E-state index in [4.69, 9.17) is 0 Å². The molecule has 1 aliphatic rings. The number of hydrogen-bond acceptors (Lipinski definition) is 4. The van der Waals surface area contributed by atoms with Crippen LogP contribution in [0.1, 0.15) is 25.0 Å². The smallest absolute Gasteiger partial charge is 0.340 e. The fourth-order valence-corrected chi connectivity index (χ4v) is 3.38. The van der Waals surface area contributed by atoms with Gasteiger partial charge in [0, 0.05) is 34.0 Å². The maximum atomic E-state index is 12.8. The predicted octanol–water partition coefficient (Wildman–Crippen LogP) is 5.43. The third-order valence-corrected chi connectivity index (χ3v) is 5.10. The zero-order valence-electron chi connectivity index (χ0n) is 16.3. The van der Waals surface area contributed by atoms with Crippen LogP contribution in [-0.4, -0.2) is 15.9 Å². The lowest BCUT2D eigenvalue weighted by molar-refractivity contribution is -0.137. The van der Waals surface area contributed by atoms with Crippen LogP contribution in [-0.2, 0) is 17.4 Å². The maximum absolute atomic E-state index is 12.8. The molecule has 1 aliphatic heterocycles. The highest BCUT2D eigenvalue weighted by molar-refractivity contribution is 5.99. The minimum absolute atomic E-state index is 0.0289. The second-order valence-corrected chi connectivity index (χ2v) is 7.84. The van der Waals surface area contributed by atoms with Crippen LogP contribution in [0, 0.1) is 5.41 Å². The van der Waals surface area contributed by atoms with Crippen molar-refractivity contribution < 1.29 is 18.0 Å². The van der Waals surface area contributed by atoms with Gasteiger partial charge in [-0.1, -0.05) is 32.0 Å². The maximum Gasteiger partial charge on any atom is 0.416 e. The summed E-state index contributed by atoms with van der Waals surface area (Å²) in [4.78, 5) is 20.6. The van der Waals surface area contributed by atoms with E-state index in [1.54, 1.807) is 6.07 Å². The molecule has 2 N–H and O–H groups in total. The SMILES string of the molecule is CC1(C)Cc2c(cccc2Nc2cc(-c3ccc(C(F)(F)F)cc3)ncn2)NC1=O. The molecular formula is C22H19F3N4O. The number of carbonyl (C=O) groups is 1. The second-order valence-electron chi connectivity index (χ2n) is 7.84. The van der Waals surface area contributed by atoms with Crippen LogP contribution in [0.4, 0.5) is 30.4 Å². The van der Waals surface area contributed by atoms with Gasteiger partial charge in [0.2, 0.25) is 5.91 Å². The van der Waals surface area contributed by atoms with Gasteiger partial charge < -0.3 is 10.6 Å². The number of halogens is 3. The minimum atomic E-state index is -4.38. The number of alkyl halides is 3. The zero-order valence-corrected chi connectivity index (χ0v) is 16.3. The van der Waals surface area contributed by atoms with Crippen LogP contribution < -0.4 is 10.6 Å². The van der Waals surface area contributed by atoms with Gasteiger partial charge >= 0.3 is 6.18 Å². The van der Waals surface area contributed by atoms with Gasteiger partial charge in [0.05, 0.1) is 11.3 Å². The van der Waals surface area contributed by atoms with Gasteiger partial charge in [-0.2, -0.15) is 13.2 Å². The molecule has 5 nitrogen and oxygen atoms in total. The molecule has 0 saturated carbocycles. The lowest BCUT2D eigenvalue weighted by Gasteiger charge is -2.31. The van der Waals surface area contributed by atoms with Gasteiger partial charge in [-0.15, -0.1) is 0 Å². The molecule has 0 aliphatic carbocycles. The molecule has 4 rings (SSSR count). The fourth-order valence-electron chi connectivity index (χ4n) is 3.38. The Morgan fingerprint density at radius 3 is 2.50 bits per heavy atom. The molecule has 0 saturated heterocycles. The molecule has 1 aromatic heterocycles. The monoisotopic (exact) mass is 412 g/mol. The molecule has 0 spiro atoms. The Hall–Kier alpha value is -3.42. The summed E-state index contributed by atoms with van der Waals surface area (Å²) in [6, 6.07) is 12.1. The number of fused-ring (bicyclic) bond motifs is 1. The largest absolute Gasteiger partial charge is 0.416 e. The number of aromatic nitrogens is 2. The summed E-state index contributed by atoms with van der Waals surface area (Å²) in [6.45, 7) is 3.77. The Morgan fingerprint density at radius 1 is 1.07 bits per heavy atom. The van der Waals surface area contributed by atoms with Crippen molar-refractivity contribution in [2.24, 2.45) is 5.41 Å². The number of amides is 1. The first-order valence-corrected chi connectivity index (χ1v) is 9.33. The molecule has 0 radical (unpaired) electrons. The molecule has 0 unspecified atom stereocenters. The molecule has 30 heavy (non-hydrogen) atoms. The number of hydrogen-bond donors (Lipinski definition) is 2. The predicted molar refractivity (Wildman–Crippen MR) is 108 cm³/mol. The Kier molecular flexibility index (Phi) is 4.72. The van der Waals surface area contributed by atoms with E-state index in [2.05, 4.69) is 20.6 Å². The van der Waals surface area contributed by atoms with Crippen LogP contribution in [0.3, 0.4) is 0 Å². The standard InChI is InChI=1S/C22H19F3N4O/c1-21(2)11-15-16(4-3-5-17(15)29-20(21)30)28-19-10-18(26-12-27-19)13-6-8-14(9-7-13)22(23,24)25/h3-10,12H,11H2,1-2H3,(H,29,30)(H,26,27,28). The number of rotatable bonds is 3. The van der Waals surface area contributed by atoms with Crippen molar-refractivity contribution in [3.63, 3.8) is 0 Å². The average Bonchev–Trinajstić information content (AvgIpc) is 2.69. The molecule has 2 heterocycles. The van der Waals surface area contributed by atoms with Crippen molar-refractivity contribution in [3.8, 4) is 11.3 Å². The first-order valence-electron chi connectivity index (χ1n) is 9.33. The van der Waals surface area contributed by atoms with E-state index in [-0.39, 0.29) is 5.91 Å². The molecular weight excluding hydrogens is 393 g/mol. The molecule has 1 amide bonds. The van der Waals surface area contributed by atoms with Gasteiger partial charge in [-0.05, 0) is 30.7 Å². The van der Waals surface area contributed by atoms with Crippen molar-refractivity contribution >= 4 is 23.1 Å². The average molecular weight is 412 g/mol. The third-order valence-electron chi connectivity index (χ3n) is 5.10.